The number of hydrogen-bond donors (Lipinski definition) is 2. The lowest BCUT2D eigenvalue weighted by molar-refractivity contribution is -0.169. The van der Waals surface area contributed by atoms with Gasteiger partial charge in [0.25, 0.3) is 0 Å². The van der Waals surface area contributed by atoms with E-state index in [0.29, 0.717) is 24.8 Å². The predicted octanol–water partition coefficient (Wildman–Crippen LogP) is 2.49. The number of aromatic nitrogens is 1. The minimum Gasteiger partial charge on any atom is -0.390 e. The largest absolute Gasteiger partial charge is 0.390 e. The first-order valence-electron chi connectivity index (χ1n) is 9.46. The average molecular weight is 343 g/mol. The Bertz CT molecular complexity index is 641. The number of anilines is 1. The summed E-state index contributed by atoms with van der Waals surface area (Å²) in [5, 5.41) is 13.9. The topological polar surface area (TPSA) is 65.5 Å². The molecule has 0 saturated heterocycles. The Kier molecular flexibility index (Phi) is 4.02. The second-order valence-corrected chi connectivity index (χ2v) is 9.06. The molecule has 136 valence electrons. The molecular formula is C20H29N3O2. The lowest BCUT2D eigenvalue weighted by Gasteiger charge is -2.60. The normalized spacial score (nSPS) is 35.6. The highest BCUT2D eigenvalue weighted by Crippen LogP contribution is 2.62. The Hall–Kier alpha value is -1.62. The molecule has 0 radical (unpaired) electrons. The van der Waals surface area contributed by atoms with Gasteiger partial charge in [-0.15, -0.1) is 0 Å². The van der Waals surface area contributed by atoms with Gasteiger partial charge in [-0.2, -0.15) is 0 Å². The summed E-state index contributed by atoms with van der Waals surface area (Å²) >= 11 is 0. The van der Waals surface area contributed by atoms with Gasteiger partial charge in [-0.05, 0) is 67.4 Å². The third kappa shape index (κ3) is 3.39. The number of carbonyl (C=O) groups is 1. The molecule has 0 spiro atoms. The van der Waals surface area contributed by atoms with E-state index in [-0.39, 0.29) is 11.3 Å². The van der Waals surface area contributed by atoms with Gasteiger partial charge < -0.3 is 15.3 Å². The van der Waals surface area contributed by atoms with Gasteiger partial charge in [0.15, 0.2) is 0 Å². The van der Waals surface area contributed by atoms with Crippen LogP contribution in [0.1, 0.15) is 50.5 Å². The Balaban J connectivity index is 1.35. The van der Waals surface area contributed by atoms with Crippen molar-refractivity contribution >= 4 is 11.7 Å². The van der Waals surface area contributed by atoms with Crippen LogP contribution >= 0.6 is 0 Å². The molecule has 0 unspecified atom stereocenters. The third-order valence-corrected chi connectivity index (χ3v) is 6.44. The Labute approximate surface area is 149 Å². The summed E-state index contributed by atoms with van der Waals surface area (Å²) in [4.78, 5) is 18.9. The van der Waals surface area contributed by atoms with Gasteiger partial charge >= 0.3 is 0 Å². The van der Waals surface area contributed by atoms with Crippen LogP contribution in [0.2, 0.25) is 0 Å². The molecule has 5 rings (SSSR count). The summed E-state index contributed by atoms with van der Waals surface area (Å²) in [5.74, 6) is 2.28. The Morgan fingerprint density at radius 1 is 1.28 bits per heavy atom. The number of rotatable bonds is 5. The van der Waals surface area contributed by atoms with Gasteiger partial charge in [0.1, 0.15) is 5.82 Å². The Morgan fingerprint density at radius 3 is 2.56 bits per heavy atom. The molecule has 2 atom stereocenters. The molecule has 4 fully saturated rings. The molecule has 4 aliphatic rings. The summed E-state index contributed by atoms with van der Waals surface area (Å²) < 4.78 is 0. The molecular weight excluding hydrogens is 314 g/mol. The van der Waals surface area contributed by atoms with Gasteiger partial charge in [0.2, 0.25) is 5.91 Å². The highest BCUT2D eigenvalue weighted by Gasteiger charge is 2.57. The monoisotopic (exact) mass is 343 g/mol. The van der Waals surface area contributed by atoms with E-state index in [1.165, 1.54) is 6.42 Å². The molecule has 1 aromatic heterocycles. The SMILES string of the molecule is CN(C)c1ccc(CNC(=O)CC23C[C@H]4C[C@@H](CC(O)(C4)C2)C3)cn1. The molecule has 5 nitrogen and oxygen atoms in total. The highest BCUT2D eigenvalue weighted by atomic mass is 16.3. The number of nitrogens with zero attached hydrogens (tertiary/aromatic N) is 2. The van der Waals surface area contributed by atoms with E-state index < -0.39 is 5.60 Å². The van der Waals surface area contributed by atoms with Crippen LogP contribution in [0.15, 0.2) is 18.3 Å². The maximum absolute atomic E-state index is 12.6. The minimum atomic E-state index is -0.490. The number of carbonyl (C=O) groups excluding carboxylic acids is 1. The lowest BCUT2D eigenvalue weighted by atomic mass is 9.47. The van der Waals surface area contributed by atoms with Crippen molar-refractivity contribution < 1.29 is 9.90 Å². The fraction of sp³-hybridized carbons (Fsp3) is 0.700. The molecule has 5 heteroatoms. The summed E-state index contributed by atoms with van der Waals surface area (Å²) in [6, 6.07) is 3.98. The second-order valence-electron chi connectivity index (χ2n) is 9.06. The van der Waals surface area contributed by atoms with Crippen LogP contribution in [-0.2, 0) is 11.3 Å². The van der Waals surface area contributed by atoms with Gasteiger partial charge in [0, 0.05) is 33.3 Å². The molecule has 2 N–H and O–H groups in total. The van der Waals surface area contributed by atoms with Crippen molar-refractivity contribution in [1.82, 2.24) is 10.3 Å². The van der Waals surface area contributed by atoms with E-state index in [1.54, 1.807) is 0 Å². The summed E-state index contributed by atoms with van der Waals surface area (Å²) in [5.41, 5.74) is 0.565. The fourth-order valence-corrected chi connectivity index (χ4v) is 6.00. The quantitative estimate of drug-likeness (QED) is 0.862. The smallest absolute Gasteiger partial charge is 0.220 e. The van der Waals surface area contributed by atoms with Crippen LogP contribution in [0.4, 0.5) is 5.82 Å². The van der Waals surface area contributed by atoms with Crippen molar-refractivity contribution in [2.24, 2.45) is 17.3 Å². The lowest BCUT2D eigenvalue weighted by Crippen LogP contribution is -2.56. The van der Waals surface area contributed by atoms with Crippen molar-refractivity contribution in [1.29, 1.82) is 0 Å². The van der Waals surface area contributed by atoms with E-state index in [1.807, 2.05) is 37.3 Å². The van der Waals surface area contributed by atoms with Crippen molar-refractivity contribution in [2.75, 3.05) is 19.0 Å². The van der Waals surface area contributed by atoms with Crippen molar-refractivity contribution in [3.8, 4) is 0 Å². The maximum Gasteiger partial charge on any atom is 0.220 e. The zero-order chi connectivity index (χ0) is 17.7. The van der Waals surface area contributed by atoms with Gasteiger partial charge in [-0.1, -0.05) is 6.07 Å². The van der Waals surface area contributed by atoms with Crippen LogP contribution in [0.5, 0.6) is 0 Å². The predicted molar refractivity (Wildman–Crippen MR) is 97.1 cm³/mol. The van der Waals surface area contributed by atoms with Crippen LogP contribution in [0, 0.1) is 17.3 Å². The number of nitrogens with one attached hydrogen (secondary N) is 1. The molecule has 0 aromatic carbocycles. The van der Waals surface area contributed by atoms with Gasteiger partial charge in [-0.25, -0.2) is 4.98 Å². The summed E-state index contributed by atoms with van der Waals surface area (Å²) in [6.45, 7) is 0.521. The molecule has 4 bridgehead atoms. The maximum atomic E-state index is 12.6. The van der Waals surface area contributed by atoms with Crippen molar-refractivity contribution in [2.45, 2.75) is 57.1 Å². The molecule has 1 amide bonds. The van der Waals surface area contributed by atoms with E-state index in [4.69, 9.17) is 0 Å². The zero-order valence-corrected chi connectivity index (χ0v) is 15.3. The number of hydrogen-bond acceptors (Lipinski definition) is 4. The van der Waals surface area contributed by atoms with E-state index in [0.717, 1.165) is 43.5 Å². The third-order valence-electron chi connectivity index (χ3n) is 6.44. The molecule has 25 heavy (non-hydrogen) atoms. The second kappa shape index (κ2) is 5.97. The minimum absolute atomic E-state index is 0.0376. The first kappa shape index (κ1) is 16.8. The van der Waals surface area contributed by atoms with Gasteiger partial charge in [-0.3, -0.25) is 4.79 Å². The van der Waals surface area contributed by atoms with Gasteiger partial charge in [0.05, 0.1) is 5.60 Å². The highest BCUT2D eigenvalue weighted by molar-refractivity contribution is 5.76. The van der Waals surface area contributed by atoms with Crippen molar-refractivity contribution in [3.05, 3.63) is 23.9 Å². The van der Waals surface area contributed by atoms with E-state index >= 15 is 0 Å². The summed E-state index contributed by atoms with van der Waals surface area (Å²) in [7, 11) is 3.92. The van der Waals surface area contributed by atoms with Crippen LogP contribution in [0.3, 0.4) is 0 Å². The molecule has 0 aliphatic heterocycles. The number of amides is 1. The standard InChI is InChI=1S/C20H29N3O2/c1-23(2)17-4-3-14(11-21-17)12-22-18(24)10-19-6-15-5-16(7-19)9-20(25,8-15)13-19/h3-4,11,15-16,25H,5-10,12-13H2,1-2H3,(H,22,24)/t15-,16-,19?,20?/m1/s1. The first-order valence-corrected chi connectivity index (χ1v) is 9.46. The Morgan fingerprint density at radius 2 is 2.00 bits per heavy atom. The number of pyridine rings is 1. The van der Waals surface area contributed by atoms with E-state index in [9.17, 15) is 9.90 Å². The first-order chi connectivity index (χ1) is 11.8. The van der Waals surface area contributed by atoms with Crippen LogP contribution in [-0.4, -0.2) is 35.7 Å². The summed E-state index contributed by atoms with van der Waals surface area (Å²) in [6.07, 6.45) is 8.62. The van der Waals surface area contributed by atoms with E-state index in [2.05, 4.69) is 10.3 Å². The van der Waals surface area contributed by atoms with Crippen LogP contribution in [0.25, 0.3) is 0 Å². The number of aliphatic hydroxyl groups is 1. The molecule has 1 aromatic rings. The van der Waals surface area contributed by atoms with Crippen LogP contribution < -0.4 is 10.2 Å². The molecule has 4 saturated carbocycles. The molecule has 1 heterocycles. The fourth-order valence-electron chi connectivity index (χ4n) is 6.00. The average Bonchev–Trinajstić information content (AvgIpc) is 2.50. The molecule has 4 aliphatic carbocycles. The van der Waals surface area contributed by atoms with Crippen molar-refractivity contribution in [3.63, 3.8) is 0 Å². The zero-order valence-electron chi connectivity index (χ0n) is 15.3.